The molecule has 2 aromatic heterocycles. The smallest absolute Gasteiger partial charge is 0.326 e. The minimum atomic E-state index is -0.864. The van der Waals surface area contributed by atoms with E-state index in [9.17, 15) is 9.90 Å². The van der Waals surface area contributed by atoms with E-state index in [4.69, 9.17) is 18.9 Å². The summed E-state index contributed by atoms with van der Waals surface area (Å²) in [6.07, 6.45) is 2.62. The van der Waals surface area contributed by atoms with Crippen LogP contribution in [0.5, 0.6) is 23.1 Å². The maximum atomic E-state index is 11.4. The first-order valence-electron chi connectivity index (χ1n) is 12.2. The lowest BCUT2D eigenvalue weighted by molar-refractivity contribution is -0.140. The van der Waals surface area contributed by atoms with Crippen LogP contribution in [0.1, 0.15) is 38.8 Å². The monoisotopic (exact) mass is 524 g/mol. The van der Waals surface area contributed by atoms with Gasteiger partial charge in [0.1, 0.15) is 16.8 Å². The second-order valence-corrected chi connectivity index (χ2v) is 9.84. The van der Waals surface area contributed by atoms with Gasteiger partial charge in [-0.1, -0.05) is 0 Å². The van der Waals surface area contributed by atoms with E-state index in [-0.39, 0.29) is 6.10 Å². The molecule has 0 amide bonds. The minimum Gasteiger partial charge on any atom is -0.493 e. The molecule has 0 aliphatic rings. The number of benzene rings is 2. The third-order valence-electron chi connectivity index (χ3n) is 5.84. The van der Waals surface area contributed by atoms with Crippen LogP contribution in [-0.4, -0.2) is 47.1 Å². The first-order chi connectivity index (χ1) is 17.8. The molecule has 0 saturated carbocycles. The Labute approximate surface area is 220 Å². The number of methoxy groups -OCH3 is 1. The Morgan fingerprint density at radius 3 is 2.59 bits per heavy atom. The van der Waals surface area contributed by atoms with Crippen molar-refractivity contribution >= 4 is 28.2 Å². The van der Waals surface area contributed by atoms with Crippen LogP contribution in [0.2, 0.25) is 0 Å². The zero-order valence-corrected chi connectivity index (χ0v) is 22.5. The van der Waals surface area contributed by atoms with Gasteiger partial charge in [0.05, 0.1) is 31.8 Å². The van der Waals surface area contributed by atoms with E-state index < -0.39 is 12.0 Å². The molecule has 1 atom stereocenters. The quantitative estimate of drug-likeness (QED) is 0.216. The van der Waals surface area contributed by atoms with Gasteiger partial charge in [0.15, 0.2) is 11.5 Å². The van der Waals surface area contributed by atoms with E-state index in [0.717, 1.165) is 32.8 Å². The number of carboxylic acids is 1. The van der Waals surface area contributed by atoms with Gasteiger partial charge in [-0.2, -0.15) is 0 Å². The number of carboxylic acid groups (broad SMARTS) is 1. The molecule has 0 saturated heterocycles. The fraction of sp³-hybridized carbons (Fsp3) is 0.357. The molecule has 9 heteroatoms. The number of hydrogen-bond acceptors (Lipinski definition) is 7. The van der Waals surface area contributed by atoms with Crippen LogP contribution in [-0.2, 0) is 4.79 Å². The molecule has 4 rings (SSSR count). The van der Waals surface area contributed by atoms with Crippen LogP contribution in [0.15, 0.2) is 48.0 Å². The maximum absolute atomic E-state index is 11.4. The summed E-state index contributed by atoms with van der Waals surface area (Å²) in [4.78, 5) is 15.9. The number of aromatic nitrogens is 2. The highest BCUT2D eigenvalue weighted by molar-refractivity contribution is 7.13. The molecule has 0 bridgehead atoms. The number of thiazole rings is 1. The van der Waals surface area contributed by atoms with Crippen LogP contribution in [0.3, 0.4) is 0 Å². The summed E-state index contributed by atoms with van der Waals surface area (Å²) in [5, 5.41) is 13.1. The topological polar surface area (TPSA) is 92.0 Å². The zero-order chi connectivity index (χ0) is 26.5. The molecule has 4 aromatic rings. The second kappa shape index (κ2) is 11.6. The van der Waals surface area contributed by atoms with Gasteiger partial charge in [-0.15, -0.1) is 11.3 Å². The Kier molecular flexibility index (Phi) is 8.23. The highest BCUT2D eigenvalue weighted by Crippen LogP contribution is 2.35. The molecule has 196 valence electrons. The Hall–Kier alpha value is -3.72. The number of carbonyl (C=O) groups is 1. The fourth-order valence-corrected chi connectivity index (χ4v) is 4.70. The van der Waals surface area contributed by atoms with Crippen molar-refractivity contribution in [1.82, 2.24) is 9.55 Å². The number of fused-ring (bicyclic) bond motifs is 1. The second-order valence-electron chi connectivity index (χ2n) is 8.99. The molecule has 2 heterocycles. The number of aliphatic carboxylic acids is 1. The molecular weight excluding hydrogens is 492 g/mol. The SMILES string of the molecule is COc1cc(-c2nc(OC(C)C)cs2)ccc1OCCCOc1ccc2c(c1)c(C)cn2C(C)C(=O)O. The predicted octanol–water partition coefficient (Wildman–Crippen LogP) is 6.36. The summed E-state index contributed by atoms with van der Waals surface area (Å²) in [5.74, 6) is 1.80. The molecule has 2 aromatic carbocycles. The van der Waals surface area contributed by atoms with Crippen molar-refractivity contribution in [3.8, 4) is 33.7 Å². The van der Waals surface area contributed by atoms with Crippen LogP contribution in [0.4, 0.5) is 0 Å². The molecule has 0 spiro atoms. The molecule has 0 radical (unpaired) electrons. The lowest BCUT2D eigenvalue weighted by Gasteiger charge is -2.13. The van der Waals surface area contributed by atoms with Crippen LogP contribution >= 0.6 is 11.3 Å². The summed E-state index contributed by atoms with van der Waals surface area (Å²) in [6, 6.07) is 10.9. The zero-order valence-electron chi connectivity index (χ0n) is 21.7. The van der Waals surface area contributed by atoms with E-state index in [1.807, 2.05) is 68.7 Å². The van der Waals surface area contributed by atoms with Gasteiger partial charge in [-0.3, -0.25) is 0 Å². The molecule has 0 aliphatic carbocycles. The van der Waals surface area contributed by atoms with E-state index in [1.54, 1.807) is 18.6 Å². The number of aryl methyl sites for hydroxylation is 1. The van der Waals surface area contributed by atoms with Gasteiger partial charge < -0.3 is 28.6 Å². The van der Waals surface area contributed by atoms with Crippen molar-refractivity contribution in [2.24, 2.45) is 0 Å². The number of hydrogen-bond donors (Lipinski definition) is 1. The maximum Gasteiger partial charge on any atom is 0.326 e. The molecule has 1 unspecified atom stereocenters. The van der Waals surface area contributed by atoms with Crippen molar-refractivity contribution in [3.05, 3.63) is 53.5 Å². The number of ether oxygens (including phenoxy) is 4. The van der Waals surface area contributed by atoms with Crippen LogP contribution in [0, 0.1) is 6.92 Å². The fourth-order valence-electron chi connectivity index (χ4n) is 3.97. The normalized spacial score (nSPS) is 12.1. The van der Waals surface area contributed by atoms with Crippen molar-refractivity contribution in [2.45, 2.75) is 46.3 Å². The number of rotatable bonds is 12. The highest BCUT2D eigenvalue weighted by atomic mass is 32.1. The average molecular weight is 525 g/mol. The summed E-state index contributed by atoms with van der Waals surface area (Å²) in [6.45, 7) is 8.53. The summed E-state index contributed by atoms with van der Waals surface area (Å²) >= 11 is 1.52. The van der Waals surface area contributed by atoms with Gasteiger partial charge in [0.25, 0.3) is 0 Å². The van der Waals surface area contributed by atoms with Gasteiger partial charge in [0, 0.05) is 29.1 Å². The molecular formula is C28H32N2O6S. The van der Waals surface area contributed by atoms with Crippen molar-refractivity contribution in [3.63, 3.8) is 0 Å². The minimum absolute atomic E-state index is 0.0749. The van der Waals surface area contributed by atoms with Gasteiger partial charge >= 0.3 is 5.97 Å². The third-order valence-corrected chi connectivity index (χ3v) is 6.71. The Bertz CT molecular complexity index is 1380. The Balaban J connectivity index is 1.32. The molecule has 1 N–H and O–H groups in total. The van der Waals surface area contributed by atoms with E-state index in [0.29, 0.717) is 37.0 Å². The highest BCUT2D eigenvalue weighted by Gasteiger charge is 2.17. The Morgan fingerprint density at radius 2 is 1.86 bits per heavy atom. The predicted molar refractivity (Wildman–Crippen MR) is 144 cm³/mol. The largest absolute Gasteiger partial charge is 0.493 e. The van der Waals surface area contributed by atoms with Gasteiger partial charge in [-0.05, 0) is 69.7 Å². The van der Waals surface area contributed by atoms with E-state index in [1.165, 1.54) is 11.3 Å². The summed E-state index contributed by atoms with van der Waals surface area (Å²) in [5.41, 5.74) is 2.82. The summed E-state index contributed by atoms with van der Waals surface area (Å²) in [7, 11) is 1.62. The van der Waals surface area contributed by atoms with Gasteiger partial charge in [-0.25, -0.2) is 9.78 Å². The lowest BCUT2D eigenvalue weighted by atomic mass is 10.2. The first-order valence-corrected chi connectivity index (χ1v) is 13.0. The Morgan fingerprint density at radius 1 is 1.08 bits per heavy atom. The molecule has 0 aliphatic heterocycles. The average Bonchev–Trinajstić information content (AvgIpc) is 3.47. The van der Waals surface area contributed by atoms with Gasteiger partial charge in [0.2, 0.25) is 5.88 Å². The number of nitrogens with zero attached hydrogens (tertiary/aromatic N) is 2. The standard InChI is InChI=1S/C28H32N2O6S/c1-17(2)36-26-16-37-27(29-26)20-7-10-24(25(13-20)33-5)35-12-6-11-34-21-8-9-23-22(14-21)18(3)15-30(23)19(4)28(31)32/h7-10,13-17,19H,6,11-12H2,1-5H3,(H,31,32). The molecule has 0 fully saturated rings. The molecule has 37 heavy (non-hydrogen) atoms. The van der Waals surface area contributed by atoms with Crippen LogP contribution in [0.25, 0.3) is 21.5 Å². The lowest BCUT2D eigenvalue weighted by Crippen LogP contribution is -2.14. The van der Waals surface area contributed by atoms with Crippen LogP contribution < -0.4 is 18.9 Å². The molecule has 8 nitrogen and oxygen atoms in total. The van der Waals surface area contributed by atoms with Crippen molar-refractivity contribution < 1.29 is 28.8 Å². The first kappa shape index (κ1) is 26.3. The summed E-state index contributed by atoms with van der Waals surface area (Å²) < 4.78 is 24.9. The van der Waals surface area contributed by atoms with E-state index in [2.05, 4.69) is 4.98 Å². The third kappa shape index (κ3) is 6.17. The van der Waals surface area contributed by atoms with Crippen molar-refractivity contribution in [2.75, 3.05) is 20.3 Å². The van der Waals surface area contributed by atoms with E-state index >= 15 is 0 Å². The van der Waals surface area contributed by atoms with Crippen molar-refractivity contribution in [1.29, 1.82) is 0 Å².